The molecule has 1 aromatic heterocycles. The molecule has 1 heterocycles. The van der Waals surface area contributed by atoms with Gasteiger partial charge in [-0.15, -0.1) is 0 Å². The molecule has 1 atom stereocenters. The summed E-state index contributed by atoms with van der Waals surface area (Å²) >= 11 is 5.91. The molecular weight excluding hydrogens is 186 g/mol. The molecule has 0 radical (unpaired) electrons. The van der Waals surface area contributed by atoms with Crippen LogP contribution in [0.15, 0.2) is 16.7 Å². The van der Waals surface area contributed by atoms with Gasteiger partial charge in [-0.2, -0.15) is 0 Å². The van der Waals surface area contributed by atoms with Crippen LogP contribution in [-0.2, 0) is 0 Å². The van der Waals surface area contributed by atoms with E-state index in [9.17, 15) is 0 Å². The molecule has 0 aliphatic carbocycles. The van der Waals surface area contributed by atoms with Gasteiger partial charge in [-0.05, 0) is 30.1 Å². The minimum absolute atomic E-state index is 0.127. The summed E-state index contributed by atoms with van der Waals surface area (Å²) in [6.07, 6.45) is 1.62. The minimum atomic E-state index is 0.127. The lowest BCUT2D eigenvalue weighted by Gasteiger charge is -2.29. The Balaban J connectivity index is 2.98. The van der Waals surface area contributed by atoms with Crippen LogP contribution in [0.1, 0.15) is 32.4 Å². The maximum Gasteiger partial charge on any atom is 0.197 e. The Morgan fingerprint density at radius 2 is 2.08 bits per heavy atom. The minimum Gasteiger partial charge on any atom is -0.453 e. The zero-order chi connectivity index (χ0) is 10.1. The third kappa shape index (κ3) is 2.26. The zero-order valence-corrected chi connectivity index (χ0v) is 9.27. The van der Waals surface area contributed by atoms with Crippen LogP contribution < -0.4 is 5.32 Å². The van der Waals surface area contributed by atoms with Crippen LogP contribution in [0.2, 0.25) is 5.22 Å². The van der Waals surface area contributed by atoms with Gasteiger partial charge in [-0.25, -0.2) is 0 Å². The molecule has 0 fully saturated rings. The van der Waals surface area contributed by atoms with Crippen molar-refractivity contribution in [2.75, 3.05) is 7.05 Å². The van der Waals surface area contributed by atoms with E-state index < -0.39 is 0 Å². The molecule has 0 aromatic carbocycles. The predicted octanol–water partition coefficient (Wildman–Crippen LogP) is 3.24. The van der Waals surface area contributed by atoms with Crippen LogP contribution >= 0.6 is 11.6 Å². The molecule has 0 amide bonds. The Bertz CT molecular complexity index is 275. The number of rotatable bonds is 2. The SMILES string of the molecule is CNC(c1ccoc1Cl)C(C)(C)C. The fraction of sp³-hybridized carbons (Fsp3) is 0.600. The number of nitrogens with one attached hydrogen (secondary N) is 1. The summed E-state index contributed by atoms with van der Waals surface area (Å²) in [5.74, 6) is 0. The summed E-state index contributed by atoms with van der Waals surface area (Å²) in [4.78, 5) is 0. The summed E-state index contributed by atoms with van der Waals surface area (Å²) in [6.45, 7) is 6.49. The summed E-state index contributed by atoms with van der Waals surface area (Å²) < 4.78 is 5.07. The summed E-state index contributed by atoms with van der Waals surface area (Å²) in [6, 6.07) is 2.13. The third-order valence-electron chi connectivity index (χ3n) is 2.11. The van der Waals surface area contributed by atoms with Crippen LogP contribution in [0.25, 0.3) is 0 Å². The predicted molar refractivity (Wildman–Crippen MR) is 55.0 cm³/mol. The van der Waals surface area contributed by atoms with Gasteiger partial charge in [0.25, 0.3) is 0 Å². The normalized spacial score (nSPS) is 14.5. The van der Waals surface area contributed by atoms with Crippen LogP contribution in [0.3, 0.4) is 0 Å². The van der Waals surface area contributed by atoms with Gasteiger partial charge < -0.3 is 9.73 Å². The smallest absolute Gasteiger partial charge is 0.197 e. The van der Waals surface area contributed by atoms with Crippen molar-refractivity contribution in [2.45, 2.75) is 26.8 Å². The van der Waals surface area contributed by atoms with Gasteiger partial charge in [0.2, 0.25) is 0 Å². The van der Waals surface area contributed by atoms with Crippen molar-refractivity contribution in [1.29, 1.82) is 0 Å². The molecule has 2 nitrogen and oxygen atoms in total. The second-order valence-electron chi connectivity index (χ2n) is 4.24. The highest BCUT2D eigenvalue weighted by molar-refractivity contribution is 6.29. The monoisotopic (exact) mass is 201 g/mol. The Kier molecular flexibility index (Phi) is 3.04. The first-order valence-corrected chi connectivity index (χ1v) is 4.74. The Morgan fingerprint density at radius 1 is 1.46 bits per heavy atom. The Morgan fingerprint density at radius 3 is 2.38 bits per heavy atom. The lowest BCUT2D eigenvalue weighted by molar-refractivity contribution is 0.285. The Hall–Kier alpha value is -0.470. The van der Waals surface area contributed by atoms with Gasteiger partial charge in [0.05, 0.1) is 6.26 Å². The van der Waals surface area contributed by atoms with Crippen LogP contribution in [-0.4, -0.2) is 7.05 Å². The molecule has 0 aliphatic rings. The average Bonchev–Trinajstić information content (AvgIpc) is 2.35. The molecule has 0 aliphatic heterocycles. The van der Waals surface area contributed by atoms with Crippen molar-refractivity contribution < 1.29 is 4.42 Å². The highest BCUT2D eigenvalue weighted by atomic mass is 35.5. The van der Waals surface area contributed by atoms with Crippen LogP contribution in [0, 0.1) is 5.41 Å². The molecule has 0 saturated heterocycles. The first kappa shape index (κ1) is 10.6. The summed E-state index contributed by atoms with van der Waals surface area (Å²) in [5.41, 5.74) is 1.15. The molecule has 74 valence electrons. The van der Waals surface area contributed by atoms with E-state index in [0.29, 0.717) is 5.22 Å². The molecule has 3 heteroatoms. The molecule has 13 heavy (non-hydrogen) atoms. The zero-order valence-electron chi connectivity index (χ0n) is 8.52. The van der Waals surface area contributed by atoms with Gasteiger partial charge in [-0.3, -0.25) is 0 Å². The maximum absolute atomic E-state index is 5.91. The molecule has 1 rings (SSSR count). The molecule has 1 unspecified atom stereocenters. The van der Waals surface area contributed by atoms with Crippen LogP contribution in [0.4, 0.5) is 0 Å². The van der Waals surface area contributed by atoms with E-state index in [1.54, 1.807) is 6.26 Å². The highest BCUT2D eigenvalue weighted by Gasteiger charge is 2.27. The molecule has 0 spiro atoms. The van der Waals surface area contributed by atoms with Crippen molar-refractivity contribution in [3.05, 3.63) is 23.1 Å². The molecule has 0 bridgehead atoms. The van der Waals surface area contributed by atoms with Gasteiger partial charge in [-0.1, -0.05) is 20.8 Å². The fourth-order valence-corrected chi connectivity index (χ4v) is 1.79. The van der Waals surface area contributed by atoms with Crippen molar-refractivity contribution in [2.24, 2.45) is 5.41 Å². The maximum atomic E-state index is 5.91. The quantitative estimate of drug-likeness (QED) is 0.795. The largest absolute Gasteiger partial charge is 0.453 e. The van der Waals surface area contributed by atoms with Gasteiger partial charge in [0, 0.05) is 11.6 Å². The second kappa shape index (κ2) is 3.72. The van der Waals surface area contributed by atoms with Gasteiger partial charge >= 0.3 is 0 Å². The highest BCUT2D eigenvalue weighted by Crippen LogP contribution is 2.36. The molecule has 1 aromatic rings. The van der Waals surface area contributed by atoms with Crippen molar-refractivity contribution in [3.63, 3.8) is 0 Å². The number of hydrogen-bond acceptors (Lipinski definition) is 2. The van der Waals surface area contributed by atoms with Gasteiger partial charge in [0.15, 0.2) is 5.22 Å². The first-order chi connectivity index (χ1) is 5.96. The lowest BCUT2D eigenvalue weighted by Crippen LogP contribution is -2.29. The van der Waals surface area contributed by atoms with E-state index in [-0.39, 0.29) is 11.5 Å². The lowest BCUT2D eigenvalue weighted by atomic mass is 9.83. The van der Waals surface area contributed by atoms with E-state index in [4.69, 9.17) is 16.0 Å². The van der Waals surface area contributed by atoms with E-state index >= 15 is 0 Å². The Labute approximate surface area is 84.3 Å². The molecular formula is C10H16ClNO. The van der Waals surface area contributed by atoms with E-state index in [2.05, 4.69) is 26.1 Å². The first-order valence-electron chi connectivity index (χ1n) is 4.37. The van der Waals surface area contributed by atoms with Gasteiger partial charge in [0.1, 0.15) is 0 Å². The second-order valence-corrected chi connectivity index (χ2v) is 4.58. The van der Waals surface area contributed by atoms with Crippen molar-refractivity contribution >= 4 is 11.6 Å². The number of hydrogen-bond donors (Lipinski definition) is 1. The fourth-order valence-electron chi connectivity index (χ4n) is 1.57. The standard InChI is InChI=1S/C10H16ClNO/c1-10(2,3)8(12-4)7-5-6-13-9(7)11/h5-6,8,12H,1-4H3. The average molecular weight is 202 g/mol. The molecule has 1 N–H and O–H groups in total. The number of furan rings is 1. The molecule has 0 saturated carbocycles. The van der Waals surface area contributed by atoms with Crippen molar-refractivity contribution in [3.8, 4) is 0 Å². The third-order valence-corrected chi connectivity index (χ3v) is 2.42. The van der Waals surface area contributed by atoms with Crippen LogP contribution in [0.5, 0.6) is 0 Å². The van der Waals surface area contributed by atoms with E-state index in [1.165, 1.54) is 0 Å². The summed E-state index contributed by atoms with van der Waals surface area (Å²) in [7, 11) is 1.93. The van der Waals surface area contributed by atoms with E-state index in [0.717, 1.165) is 5.56 Å². The van der Waals surface area contributed by atoms with Crippen molar-refractivity contribution in [1.82, 2.24) is 5.32 Å². The number of halogens is 1. The summed E-state index contributed by atoms with van der Waals surface area (Å²) in [5, 5.41) is 3.72. The van der Waals surface area contributed by atoms with E-state index in [1.807, 2.05) is 13.1 Å². The topological polar surface area (TPSA) is 25.2 Å².